The summed E-state index contributed by atoms with van der Waals surface area (Å²) in [5.74, 6) is -0.597. The van der Waals surface area contributed by atoms with Crippen LogP contribution in [0, 0.1) is 0 Å². The first-order valence-corrected chi connectivity index (χ1v) is 3.90. The van der Waals surface area contributed by atoms with Crippen LogP contribution in [-0.2, 0) is 13.2 Å². The smallest absolute Gasteiger partial charge is 0.284 e. The number of nitrogens with zero attached hydrogens (tertiary/aromatic N) is 1. The van der Waals surface area contributed by atoms with Crippen LogP contribution in [0.2, 0.25) is 0 Å². The van der Waals surface area contributed by atoms with E-state index in [0.717, 1.165) is 0 Å². The van der Waals surface area contributed by atoms with Gasteiger partial charge in [-0.1, -0.05) is 0 Å². The fourth-order valence-electron chi connectivity index (χ4n) is 1.06. The van der Waals surface area contributed by atoms with Gasteiger partial charge in [0.1, 0.15) is 11.4 Å². The van der Waals surface area contributed by atoms with Gasteiger partial charge in [-0.25, -0.2) is 13.8 Å². The van der Waals surface area contributed by atoms with Crippen LogP contribution in [0.3, 0.4) is 0 Å². The van der Waals surface area contributed by atoms with E-state index in [4.69, 9.17) is 10.8 Å². The molecule has 0 fully saturated rings. The normalized spacial score (nSPS) is 10.9. The van der Waals surface area contributed by atoms with Crippen molar-refractivity contribution >= 4 is 0 Å². The quantitative estimate of drug-likeness (QED) is 0.676. The molecular weight excluding hydrogens is 194 g/mol. The van der Waals surface area contributed by atoms with Crippen molar-refractivity contribution in [2.75, 3.05) is 0 Å². The summed E-state index contributed by atoms with van der Waals surface area (Å²) in [5.41, 5.74) is 4.71. The van der Waals surface area contributed by atoms with E-state index < -0.39 is 24.5 Å². The van der Waals surface area contributed by atoms with Crippen molar-refractivity contribution in [1.82, 2.24) is 4.98 Å². The van der Waals surface area contributed by atoms with Gasteiger partial charge in [0.15, 0.2) is 0 Å². The van der Waals surface area contributed by atoms with Crippen molar-refractivity contribution < 1.29 is 19.0 Å². The molecule has 0 atom stereocenters. The van der Waals surface area contributed by atoms with Crippen LogP contribution >= 0.6 is 0 Å². The molecule has 4 nitrogen and oxygen atoms in total. The zero-order valence-electron chi connectivity index (χ0n) is 7.24. The molecule has 0 aliphatic heterocycles. The molecule has 0 aliphatic rings. The number of aliphatic hydroxyl groups excluding tert-OH is 1. The van der Waals surface area contributed by atoms with Crippen LogP contribution in [0.15, 0.2) is 6.07 Å². The number of halogens is 2. The van der Waals surface area contributed by atoms with Crippen molar-refractivity contribution in [2.45, 2.75) is 19.6 Å². The van der Waals surface area contributed by atoms with Gasteiger partial charge in [-0.3, -0.25) is 0 Å². The molecule has 1 aromatic rings. The summed E-state index contributed by atoms with van der Waals surface area (Å²) in [6.45, 7) is -0.548. The zero-order valence-corrected chi connectivity index (χ0v) is 7.24. The van der Waals surface area contributed by atoms with Gasteiger partial charge in [0.25, 0.3) is 6.43 Å². The number of aromatic hydroxyl groups is 1. The van der Waals surface area contributed by atoms with Gasteiger partial charge in [0.05, 0.1) is 12.3 Å². The largest absolute Gasteiger partial charge is 0.505 e. The highest BCUT2D eigenvalue weighted by Crippen LogP contribution is 2.29. The summed E-state index contributed by atoms with van der Waals surface area (Å²) in [6.07, 6.45) is -2.88. The van der Waals surface area contributed by atoms with Gasteiger partial charge >= 0.3 is 0 Å². The topological polar surface area (TPSA) is 79.4 Å². The first-order chi connectivity index (χ1) is 6.60. The Labute approximate surface area is 79.0 Å². The highest BCUT2D eigenvalue weighted by atomic mass is 19.3. The van der Waals surface area contributed by atoms with Crippen molar-refractivity contribution in [3.63, 3.8) is 0 Å². The zero-order chi connectivity index (χ0) is 10.7. The third kappa shape index (κ3) is 1.97. The molecule has 14 heavy (non-hydrogen) atoms. The number of hydrogen-bond donors (Lipinski definition) is 3. The summed E-state index contributed by atoms with van der Waals surface area (Å²) in [4.78, 5) is 3.39. The highest BCUT2D eigenvalue weighted by molar-refractivity contribution is 5.38. The summed E-state index contributed by atoms with van der Waals surface area (Å²) in [7, 11) is 0. The van der Waals surface area contributed by atoms with Crippen LogP contribution in [0.5, 0.6) is 5.75 Å². The second-order valence-electron chi connectivity index (χ2n) is 2.67. The molecule has 1 rings (SSSR count). The fourth-order valence-corrected chi connectivity index (χ4v) is 1.06. The fraction of sp³-hybridized carbons (Fsp3) is 0.375. The SMILES string of the molecule is NCc1cc(CO)nc(C(F)F)c1O. The standard InChI is InChI=1S/C8H10F2N2O2/c9-8(10)6-7(14)4(2-11)1-5(3-13)12-6/h1,8,13-14H,2-3,11H2. The lowest BCUT2D eigenvalue weighted by atomic mass is 10.1. The van der Waals surface area contributed by atoms with Gasteiger partial charge in [0, 0.05) is 12.1 Å². The molecule has 0 radical (unpaired) electrons. The number of nitrogens with two attached hydrogens (primary N) is 1. The van der Waals surface area contributed by atoms with E-state index >= 15 is 0 Å². The van der Waals surface area contributed by atoms with Gasteiger partial charge < -0.3 is 15.9 Å². The first-order valence-electron chi connectivity index (χ1n) is 3.90. The lowest BCUT2D eigenvalue weighted by molar-refractivity contribution is 0.140. The van der Waals surface area contributed by atoms with E-state index in [0.29, 0.717) is 0 Å². The molecule has 78 valence electrons. The Bertz CT molecular complexity index is 331. The number of alkyl halides is 2. The monoisotopic (exact) mass is 204 g/mol. The van der Waals surface area contributed by atoms with Crippen LogP contribution in [0.4, 0.5) is 8.78 Å². The maximum Gasteiger partial charge on any atom is 0.284 e. The van der Waals surface area contributed by atoms with E-state index in [1.54, 1.807) is 0 Å². The van der Waals surface area contributed by atoms with Gasteiger partial charge in [0.2, 0.25) is 0 Å². The van der Waals surface area contributed by atoms with Crippen molar-refractivity contribution in [3.05, 3.63) is 23.0 Å². The molecule has 1 heterocycles. The molecule has 4 N–H and O–H groups in total. The van der Waals surface area contributed by atoms with E-state index in [1.165, 1.54) is 6.07 Å². The average molecular weight is 204 g/mol. The maximum absolute atomic E-state index is 12.3. The summed E-state index contributed by atoms with van der Waals surface area (Å²) >= 11 is 0. The average Bonchev–Trinajstić information content (AvgIpc) is 2.17. The Morgan fingerprint density at radius 2 is 2.14 bits per heavy atom. The summed E-state index contributed by atoms with van der Waals surface area (Å²) in [5, 5.41) is 18.0. The summed E-state index contributed by atoms with van der Waals surface area (Å²) < 4.78 is 24.6. The molecule has 0 bridgehead atoms. The Morgan fingerprint density at radius 1 is 1.50 bits per heavy atom. The van der Waals surface area contributed by atoms with Crippen LogP contribution in [-0.4, -0.2) is 15.2 Å². The minimum absolute atomic E-state index is 0.0681. The molecule has 0 amide bonds. The van der Waals surface area contributed by atoms with E-state index in [2.05, 4.69) is 4.98 Å². The van der Waals surface area contributed by atoms with Crippen molar-refractivity contribution in [2.24, 2.45) is 5.73 Å². The van der Waals surface area contributed by atoms with Crippen LogP contribution in [0.25, 0.3) is 0 Å². The number of aliphatic hydroxyl groups is 1. The minimum atomic E-state index is -2.88. The molecule has 0 saturated carbocycles. The predicted octanol–water partition coefficient (Wildman–Crippen LogP) is 0.676. The molecule has 0 saturated heterocycles. The number of rotatable bonds is 3. The molecule has 1 aromatic heterocycles. The molecule has 0 spiro atoms. The predicted molar refractivity (Wildman–Crippen MR) is 44.7 cm³/mol. The maximum atomic E-state index is 12.3. The Kier molecular flexibility index (Phi) is 3.32. The van der Waals surface area contributed by atoms with E-state index in [9.17, 15) is 13.9 Å². The third-order valence-electron chi connectivity index (χ3n) is 1.74. The number of hydrogen-bond acceptors (Lipinski definition) is 4. The van der Waals surface area contributed by atoms with E-state index in [1.807, 2.05) is 0 Å². The third-order valence-corrected chi connectivity index (χ3v) is 1.74. The summed E-state index contributed by atoms with van der Waals surface area (Å²) in [6, 6.07) is 1.29. The van der Waals surface area contributed by atoms with Gasteiger partial charge in [-0.2, -0.15) is 0 Å². The highest BCUT2D eigenvalue weighted by Gasteiger charge is 2.18. The number of pyridine rings is 1. The Morgan fingerprint density at radius 3 is 2.57 bits per heavy atom. The minimum Gasteiger partial charge on any atom is -0.505 e. The molecule has 6 heteroatoms. The van der Waals surface area contributed by atoms with Crippen molar-refractivity contribution in [1.29, 1.82) is 0 Å². The van der Waals surface area contributed by atoms with Crippen LogP contribution in [0.1, 0.15) is 23.4 Å². The Balaban J connectivity index is 3.27. The molecule has 0 unspecified atom stereocenters. The van der Waals surface area contributed by atoms with Gasteiger partial charge in [-0.15, -0.1) is 0 Å². The number of aromatic nitrogens is 1. The van der Waals surface area contributed by atoms with Crippen molar-refractivity contribution in [3.8, 4) is 5.75 Å². The molecule has 0 aromatic carbocycles. The second-order valence-corrected chi connectivity index (χ2v) is 2.67. The lowest BCUT2D eigenvalue weighted by Crippen LogP contribution is -2.04. The second kappa shape index (κ2) is 4.30. The molecule has 0 aliphatic carbocycles. The van der Waals surface area contributed by atoms with Gasteiger partial charge in [-0.05, 0) is 6.07 Å². The first kappa shape index (κ1) is 10.8. The Hall–Kier alpha value is -1.27. The van der Waals surface area contributed by atoms with Crippen LogP contribution < -0.4 is 5.73 Å². The van der Waals surface area contributed by atoms with E-state index in [-0.39, 0.29) is 17.8 Å². The molecular formula is C8H10F2N2O2. The lowest BCUT2D eigenvalue weighted by Gasteiger charge is -2.08.